The van der Waals surface area contributed by atoms with Crippen LogP contribution in [0.3, 0.4) is 0 Å². The van der Waals surface area contributed by atoms with E-state index in [1.807, 2.05) is 0 Å². The first-order valence-corrected chi connectivity index (χ1v) is 12.9. The Balaban J connectivity index is 1.80. The molecule has 5 aliphatic rings. The summed E-state index contributed by atoms with van der Waals surface area (Å²) in [6, 6.07) is 0. The second kappa shape index (κ2) is 5.68. The molecule has 0 N–H and O–H groups in total. The summed E-state index contributed by atoms with van der Waals surface area (Å²) in [6.07, 6.45) is 0. The van der Waals surface area contributed by atoms with Gasteiger partial charge in [-0.25, -0.2) is 0 Å². The molecule has 0 nitrogen and oxygen atoms in total. The maximum atomic E-state index is 7.00. The van der Waals surface area contributed by atoms with Gasteiger partial charge in [0.05, 0.1) is 20.1 Å². The first kappa shape index (κ1) is 22.1. The van der Waals surface area contributed by atoms with Gasteiger partial charge in [0.1, 0.15) is 19.5 Å². The van der Waals surface area contributed by atoms with Crippen molar-refractivity contribution in [3.63, 3.8) is 0 Å². The second-order valence-corrected chi connectivity index (χ2v) is 15.1. The number of allylic oxidation sites excluding steroid dienone is 4. The van der Waals surface area contributed by atoms with Crippen molar-refractivity contribution in [1.82, 2.24) is 0 Å². The predicted molar refractivity (Wildman–Crippen MR) is 123 cm³/mol. The van der Waals surface area contributed by atoms with Gasteiger partial charge in [0, 0.05) is 22.3 Å². The molecule has 1 heterocycles. The summed E-state index contributed by atoms with van der Waals surface area (Å²) in [4.78, 5) is -5.95. The number of fused-ring (bicyclic) bond motifs is 11. The summed E-state index contributed by atoms with van der Waals surface area (Å²) in [6.45, 7) is 0. The van der Waals surface area contributed by atoms with E-state index in [1.54, 1.807) is 0 Å². The second-order valence-electron chi connectivity index (χ2n) is 7.28. The van der Waals surface area contributed by atoms with E-state index in [4.69, 9.17) is 139 Å². The van der Waals surface area contributed by atoms with Gasteiger partial charge in [-0.1, -0.05) is 92.8 Å². The minimum absolute atomic E-state index is 0.0703. The Labute approximate surface area is 219 Å². The highest BCUT2D eigenvalue weighted by Crippen LogP contribution is 2.87. The van der Waals surface area contributed by atoms with Crippen LogP contribution in [0, 0.1) is 11.8 Å². The highest BCUT2D eigenvalue weighted by Gasteiger charge is 2.93. The molecule has 27 heavy (non-hydrogen) atoms. The zero-order chi connectivity index (χ0) is 20.3. The summed E-state index contributed by atoms with van der Waals surface area (Å²) in [5.41, 5.74) is 0. The van der Waals surface area contributed by atoms with Crippen molar-refractivity contribution in [2.75, 3.05) is 0 Å². The summed E-state index contributed by atoms with van der Waals surface area (Å²) in [7, 11) is 0. The van der Waals surface area contributed by atoms with Gasteiger partial charge in [0.25, 0.3) is 0 Å². The Bertz CT molecular complexity index is 811. The highest BCUT2D eigenvalue weighted by atomic mass is 35.5. The van der Waals surface area contributed by atoms with E-state index in [1.165, 1.54) is 11.8 Å². The van der Waals surface area contributed by atoms with Crippen LogP contribution >= 0.6 is 151 Å². The third-order valence-electron chi connectivity index (χ3n) is 6.53. The minimum Gasteiger partial charge on any atom is -0.150 e. The van der Waals surface area contributed by atoms with Gasteiger partial charge >= 0.3 is 0 Å². The molecule has 1 aliphatic heterocycles. The molecular formula is C14H4Cl12S. The van der Waals surface area contributed by atoms with Gasteiger partial charge in [-0.2, -0.15) is 0 Å². The van der Waals surface area contributed by atoms with E-state index < -0.39 is 50.5 Å². The highest BCUT2D eigenvalue weighted by molar-refractivity contribution is 8.01. The molecule has 4 bridgehead atoms. The Morgan fingerprint density at radius 1 is 0.481 bits per heavy atom. The smallest absolute Gasteiger partial charge is 0.150 e. The van der Waals surface area contributed by atoms with Crippen LogP contribution in [-0.4, -0.2) is 38.7 Å². The summed E-state index contributed by atoms with van der Waals surface area (Å²) < 4.78 is -3.42. The number of hydrogen-bond donors (Lipinski definition) is 0. The van der Waals surface area contributed by atoms with Crippen LogP contribution < -0.4 is 0 Å². The van der Waals surface area contributed by atoms with Crippen LogP contribution in [0.5, 0.6) is 0 Å². The number of rotatable bonds is 0. The Morgan fingerprint density at radius 2 is 0.741 bits per heavy atom. The third kappa shape index (κ3) is 1.76. The minimum atomic E-state index is -1.71. The molecule has 2 saturated carbocycles. The van der Waals surface area contributed by atoms with Crippen molar-refractivity contribution in [3.05, 3.63) is 20.1 Å². The zero-order valence-electron chi connectivity index (χ0n) is 12.3. The van der Waals surface area contributed by atoms with Crippen molar-refractivity contribution >= 4 is 151 Å². The molecule has 4 aliphatic carbocycles. The first-order chi connectivity index (χ1) is 12.1. The average molecular weight is 630 g/mol. The monoisotopic (exact) mass is 624 g/mol. The van der Waals surface area contributed by atoms with E-state index in [0.29, 0.717) is 0 Å². The molecule has 150 valence electrons. The van der Waals surface area contributed by atoms with Crippen LogP contribution in [0.1, 0.15) is 0 Å². The van der Waals surface area contributed by atoms with E-state index in [0.717, 1.165) is 0 Å². The van der Waals surface area contributed by atoms with Gasteiger partial charge < -0.3 is 0 Å². The maximum absolute atomic E-state index is 7.00. The molecule has 0 spiro atoms. The van der Waals surface area contributed by atoms with Gasteiger partial charge in [-0.3, -0.25) is 0 Å². The molecule has 5 rings (SSSR count). The van der Waals surface area contributed by atoms with Crippen LogP contribution in [0.2, 0.25) is 0 Å². The Kier molecular flexibility index (Phi) is 4.65. The van der Waals surface area contributed by atoms with E-state index >= 15 is 0 Å². The number of alkyl halides is 8. The number of halogens is 12. The fourth-order valence-corrected chi connectivity index (χ4v) is 14.4. The summed E-state index contributed by atoms with van der Waals surface area (Å²) in [5, 5.41) is -0.588. The van der Waals surface area contributed by atoms with Crippen molar-refractivity contribution in [2.24, 2.45) is 11.8 Å². The summed E-state index contributed by atoms with van der Waals surface area (Å²) in [5.74, 6) is -1.13. The molecule has 8 atom stereocenters. The number of hydrogen-bond acceptors (Lipinski definition) is 1. The Morgan fingerprint density at radius 3 is 1.04 bits per heavy atom. The lowest BCUT2D eigenvalue weighted by Crippen LogP contribution is -2.51. The average Bonchev–Trinajstić information content (AvgIpc) is 3.16. The fourth-order valence-electron chi connectivity index (χ4n) is 5.34. The van der Waals surface area contributed by atoms with Crippen LogP contribution in [-0.2, 0) is 0 Å². The van der Waals surface area contributed by atoms with Crippen molar-refractivity contribution in [1.29, 1.82) is 0 Å². The SMILES string of the molecule is ClC1=C(Cl)C2(Cl)C3C(SC4C3C3(Cl)C(Cl)=C(Cl)C4(Cl)C3(Cl)Cl)C1(Cl)C2(Cl)Cl. The van der Waals surface area contributed by atoms with Gasteiger partial charge in [0.2, 0.25) is 0 Å². The van der Waals surface area contributed by atoms with Crippen molar-refractivity contribution < 1.29 is 0 Å². The molecule has 0 aromatic heterocycles. The van der Waals surface area contributed by atoms with E-state index in [-0.39, 0.29) is 20.1 Å². The normalized spacial score (nSPS) is 59.1. The summed E-state index contributed by atoms with van der Waals surface area (Å²) >= 11 is 81.7. The molecule has 0 aromatic carbocycles. The standard InChI is InChI=1S/C14H4Cl12S/c15-3-5(17)11(21)7-1(9(3,19)13(11,23)24)2-8(27-7)12(22)6(18)4(16)10(2,20)14(12,25)26/h1-2,7-8H. The molecule has 1 saturated heterocycles. The lowest BCUT2D eigenvalue weighted by atomic mass is 9.74. The van der Waals surface area contributed by atoms with Crippen LogP contribution in [0.15, 0.2) is 20.1 Å². The Hall–Kier alpha value is 3.31. The van der Waals surface area contributed by atoms with E-state index in [2.05, 4.69) is 0 Å². The quantitative estimate of drug-likeness (QED) is 0.243. The van der Waals surface area contributed by atoms with Crippen molar-refractivity contribution in [2.45, 2.75) is 38.7 Å². The molecule has 3 fully saturated rings. The third-order valence-corrected chi connectivity index (χ3v) is 17.2. The zero-order valence-corrected chi connectivity index (χ0v) is 22.1. The van der Waals surface area contributed by atoms with Crippen LogP contribution in [0.4, 0.5) is 0 Å². The molecule has 0 amide bonds. The topological polar surface area (TPSA) is 0 Å². The van der Waals surface area contributed by atoms with Gasteiger partial charge in [-0.05, 0) is 0 Å². The molecule has 8 unspecified atom stereocenters. The lowest BCUT2D eigenvalue weighted by Gasteiger charge is -2.42. The number of thioether (sulfide) groups is 1. The molecular weight excluding hydrogens is 626 g/mol. The van der Waals surface area contributed by atoms with Crippen LogP contribution in [0.25, 0.3) is 0 Å². The van der Waals surface area contributed by atoms with Gasteiger partial charge in [0.15, 0.2) is 8.67 Å². The lowest BCUT2D eigenvalue weighted by molar-refractivity contribution is 0.301. The van der Waals surface area contributed by atoms with E-state index in [9.17, 15) is 0 Å². The first-order valence-electron chi connectivity index (χ1n) is 7.39. The molecule has 0 radical (unpaired) electrons. The maximum Gasteiger partial charge on any atom is 0.167 e. The van der Waals surface area contributed by atoms with Gasteiger partial charge in [-0.15, -0.1) is 58.2 Å². The largest absolute Gasteiger partial charge is 0.167 e. The molecule has 0 aromatic rings. The fraction of sp³-hybridized carbons (Fsp3) is 0.714. The predicted octanol–water partition coefficient (Wildman–Crippen LogP) is 8.39. The molecule has 13 heteroatoms. The van der Waals surface area contributed by atoms with Crippen molar-refractivity contribution in [3.8, 4) is 0 Å².